The molecular weight excluding hydrogens is 472 g/mol. The van der Waals surface area contributed by atoms with Crippen LogP contribution in [0, 0.1) is 5.92 Å². The monoisotopic (exact) mass is 524 g/mol. The molecule has 0 amide bonds. The predicted octanol–water partition coefficient (Wildman–Crippen LogP) is 10.3. The molecule has 0 bridgehead atoms. The van der Waals surface area contributed by atoms with Gasteiger partial charge in [-0.25, -0.2) is 0 Å². The van der Waals surface area contributed by atoms with E-state index in [0.29, 0.717) is 11.8 Å². The topological polar surface area (TPSA) is 0 Å². The molecule has 2 aromatic rings. The van der Waals surface area contributed by atoms with Crippen LogP contribution in [0.4, 0.5) is 0 Å². The van der Waals surface area contributed by atoms with Gasteiger partial charge in [-0.2, -0.15) is 0 Å². The zero-order valence-electron chi connectivity index (χ0n) is 26.8. The zero-order valence-corrected chi connectivity index (χ0v) is 27.8. The van der Waals surface area contributed by atoms with Gasteiger partial charge in [0, 0.05) is 0 Å². The van der Waals surface area contributed by atoms with Crippen LogP contribution >= 0.6 is 0 Å². The fraction of sp³-hybridized carbons (Fsp3) is 0.514. The van der Waals surface area contributed by atoms with Gasteiger partial charge in [-0.3, -0.25) is 0 Å². The van der Waals surface area contributed by atoms with Crippen molar-refractivity contribution in [1.82, 2.24) is 0 Å². The molecule has 0 saturated carbocycles. The van der Waals surface area contributed by atoms with Crippen LogP contribution < -0.4 is 5.19 Å². The first-order valence-corrected chi connectivity index (χ1v) is 17.8. The van der Waals surface area contributed by atoms with Crippen LogP contribution in [0.15, 0.2) is 52.2 Å². The number of benzene rings is 2. The van der Waals surface area contributed by atoms with E-state index in [1.807, 2.05) is 0 Å². The Bertz CT molecular complexity index is 1370. The molecule has 0 N–H and O–H groups in total. The Balaban J connectivity index is 2.14. The van der Waals surface area contributed by atoms with Gasteiger partial charge < -0.3 is 0 Å². The fourth-order valence-electron chi connectivity index (χ4n) is 7.62. The van der Waals surface area contributed by atoms with Crippen molar-refractivity contribution in [2.75, 3.05) is 0 Å². The van der Waals surface area contributed by atoms with Crippen LogP contribution in [-0.4, -0.2) is 8.07 Å². The zero-order chi connectivity index (χ0) is 28.5. The Hall–Kier alpha value is -2.12. The molecule has 0 radical (unpaired) electrons. The van der Waals surface area contributed by atoms with E-state index in [4.69, 9.17) is 0 Å². The minimum Gasteiger partial charge on any atom is -0.0662 e. The molecule has 0 saturated heterocycles. The van der Waals surface area contributed by atoms with E-state index < -0.39 is 8.07 Å². The lowest BCUT2D eigenvalue weighted by Crippen LogP contribution is -2.50. The number of rotatable bonds is 4. The van der Waals surface area contributed by atoms with Crippen molar-refractivity contribution < 1.29 is 0 Å². The van der Waals surface area contributed by atoms with Crippen molar-refractivity contribution in [3.05, 3.63) is 85.6 Å². The Morgan fingerprint density at radius 3 is 1.89 bits per heavy atom. The largest absolute Gasteiger partial charge is 0.109 e. The van der Waals surface area contributed by atoms with Crippen LogP contribution in [0.1, 0.15) is 122 Å². The van der Waals surface area contributed by atoms with Crippen LogP contribution in [0.25, 0.3) is 11.6 Å². The molecule has 38 heavy (non-hydrogen) atoms. The predicted molar refractivity (Wildman–Crippen MR) is 173 cm³/mol. The van der Waals surface area contributed by atoms with Gasteiger partial charge in [-0.1, -0.05) is 133 Å². The second-order valence-electron chi connectivity index (χ2n) is 15.0. The van der Waals surface area contributed by atoms with E-state index >= 15 is 0 Å². The summed E-state index contributed by atoms with van der Waals surface area (Å²) in [6, 6.07) is 11.7. The molecule has 1 heteroatoms. The van der Waals surface area contributed by atoms with Gasteiger partial charge in [0.05, 0.1) is 0 Å². The SMILES string of the molecule is CC1=C(C)C(C)C([Si](C)(C)c2cc(C3=Cc4ccccc4C3)c(C(C)(C)C)c(C(C)C)c2C(C)(C)C)=C1C. The highest BCUT2D eigenvalue weighted by Gasteiger charge is 2.43. The first-order valence-electron chi connectivity index (χ1n) is 14.8. The van der Waals surface area contributed by atoms with Gasteiger partial charge in [0.25, 0.3) is 0 Å². The van der Waals surface area contributed by atoms with Gasteiger partial charge in [-0.05, 0) is 94.4 Å². The third-order valence-electron chi connectivity index (χ3n) is 9.54. The molecule has 0 aromatic heterocycles. The average Bonchev–Trinajstić information content (AvgIpc) is 3.31. The molecule has 204 valence electrons. The molecule has 0 spiro atoms. The van der Waals surface area contributed by atoms with Crippen molar-refractivity contribution in [3.63, 3.8) is 0 Å². The summed E-state index contributed by atoms with van der Waals surface area (Å²) >= 11 is 0. The molecule has 1 unspecified atom stereocenters. The van der Waals surface area contributed by atoms with Crippen LogP contribution in [0.2, 0.25) is 13.1 Å². The van der Waals surface area contributed by atoms with Crippen LogP contribution in [-0.2, 0) is 17.3 Å². The van der Waals surface area contributed by atoms with Crippen molar-refractivity contribution in [2.24, 2.45) is 5.92 Å². The van der Waals surface area contributed by atoms with Crippen molar-refractivity contribution in [1.29, 1.82) is 0 Å². The van der Waals surface area contributed by atoms with E-state index in [2.05, 4.69) is 133 Å². The Morgan fingerprint density at radius 1 is 0.842 bits per heavy atom. The molecule has 0 fully saturated rings. The smallest absolute Gasteiger partial charge is 0.0662 e. The van der Waals surface area contributed by atoms with Crippen LogP contribution in [0.3, 0.4) is 0 Å². The highest BCUT2D eigenvalue weighted by Crippen LogP contribution is 2.47. The minimum atomic E-state index is -2.02. The summed E-state index contributed by atoms with van der Waals surface area (Å²) in [6.45, 7) is 34.3. The van der Waals surface area contributed by atoms with Gasteiger partial charge in [0.2, 0.25) is 0 Å². The summed E-state index contributed by atoms with van der Waals surface area (Å²) in [7, 11) is -2.02. The molecule has 2 aliphatic rings. The third-order valence-corrected chi connectivity index (χ3v) is 13.4. The van der Waals surface area contributed by atoms with Crippen molar-refractivity contribution in [2.45, 2.75) is 119 Å². The standard InChI is InChI=1S/C37H52Si/c1-22(2)32-33(36(7,8)9)30(29-19-27-17-15-16-18-28(27)20-29)21-31(34(32)37(10,11)12)38(13,14)35-25(5)23(3)24(4)26(35)6/h15-19,21-22,25H,20H2,1-14H3. The van der Waals surface area contributed by atoms with Crippen molar-refractivity contribution in [3.8, 4) is 0 Å². The summed E-state index contributed by atoms with van der Waals surface area (Å²) in [6.07, 6.45) is 3.52. The molecule has 2 aliphatic carbocycles. The Labute approximate surface area is 235 Å². The first-order chi connectivity index (χ1) is 17.4. The molecule has 2 aromatic carbocycles. The highest BCUT2D eigenvalue weighted by atomic mass is 28.3. The van der Waals surface area contributed by atoms with Gasteiger partial charge >= 0.3 is 0 Å². The summed E-state index contributed by atoms with van der Waals surface area (Å²) < 4.78 is 0. The molecule has 0 heterocycles. The summed E-state index contributed by atoms with van der Waals surface area (Å²) in [4.78, 5) is 0. The maximum absolute atomic E-state index is 2.70. The third kappa shape index (κ3) is 4.64. The molecule has 0 aliphatic heterocycles. The fourth-order valence-corrected chi connectivity index (χ4v) is 12.0. The number of hydrogen-bond acceptors (Lipinski definition) is 0. The first kappa shape index (κ1) is 28.9. The van der Waals surface area contributed by atoms with E-state index in [0.717, 1.165) is 6.42 Å². The lowest BCUT2D eigenvalue weighted by molar-refractivity contribution is 0.548. The second-order valence-corrected chi connectivity index (χ2v) is 19.4. The second kappa shape index (κ2) is 9.51. The quantitative estimate of drug-likeness (QED) is 0.349. The number of hydrogen-bond donors (Lipinski definition) is 0. The summed E-state index contributed by atoms with van der Waals surface area (Å²) in [5.41, 5.74) is 15.4. The molecule has 0 nitrogen and oxygen atoms in total. The highest BCUT2D eigenvalue weighted by molar-refractivity contribution is 6.96. The van der Waals surface area contributed by atoms with Crippen LogP contribution in [0.5, 0.6) is 0 Å². The lowest BCUT2D eigenvalue weighted by Gasteiger charge is -2.41. The lowest BCUT2D eigenvalue weighted by atomic mass is 9.70. The maximum Gasteiger partial charge on any atom is 0.109 e. The number of allylic oxidation sites excluding steroid dienone is 5. The van der Waals surface area contributed by atoms with Gasteiger partial charge in [0.1, 0.15) is 8.07 Å². The normalized spacial score (nSPS) is 18.6. The van der Waals surface area contributed by atoms with Gasteiger partial charge in [-0.15, -0.1) is 0 Å². The average molecular weight is 525 g/mol. The van der Waals surface area contributed by atoms with E-state index in [1.54, 1.807) is 38.2 Å². The van der Waals surface area contributed by atoms with E-state index in [-0.39, 0.29) is 10.8 Å². The Kier molecular flexibility index (Phi) is 7.23. The van der Waals surface area contributed by atoms with Gasteiger partial charge in [0.15, 0.2) is 0 Å². The molecule has 4 rings (SSSR count). The van der Waals surface area contributed by atoms with E-state index in [9.17, 15) is 0 Å². The summed E-state index contributed by atoms with van der Waals surface area (Å²) in [5.74, 6) is 0.997. The Morgan fingerprint density at radius 2 is 1.42 bits per heavy atom. The van der Waals surface area contributed by atoms with Crippen molar-refractivity contribution >= 4 is 24.9 Å². The molecule has 1 atom stereocenters. The molecular formula is C37H52Si. The van der Waals surface area contributed by atoms with E-state index in [1.165, 1.54) is 27.8 Å². The minimum absolute atomic E-state index is 0.0549. The number of fused-ring (bicyclic) bond motifs is 1. The maximum atomic E-state index is 2.70. The summed E-state index contributed by atoms with van der Waals surface area (Å²) in [5, 5.41) is 3.41.